The lowest BCUT2D eigenvalue weighted by Gasteiger charge is -2.32. The Morgan fingerprint density at radius 2 is 1.89 bits per heavy atom. The third-order valence-electron chi connectivity index (χ3n) is 5.85. The average Bonchev–Trinajstić information content (AvgIpc) is 2.70. The number of hydrogen-bond acceptors (Lipinski definition) is 3. The van der Waals surface area contributed by atoms with Crippen LogP contribution in [0.5, 0.6) is 0 Å². The van der Waals surface area contributed by atoms with Gasteiger partial charge in [-0.05, 0) is 75.1 Å². The van der Waals surface area contributed by atoms with Crippen LogP contribution < -0.4 is 15.5 Å². The molecule has 1 fully saturated rings. The summed E-state index contributed by atoms with van der Waals surface area (Å²) < 4.78 is 0. The molecule has 0 aromatic heterocycles. The van der Waals surface area contributed by atoms with E-state index in [0.717, 1.165) is 37.7 Å². The van der Waals surface area contributed by atoms with Gasteiger partial charge in [0, 0.05) is 44.0 Å². The molecule has 0 unspecified atom stereocenters. The van der Waals surface area contributed by atoms with Crippen molar-refractivity contribution in [1.29, 1.82) is 0 Å². The molecule has 2 aliphatic rings. The second-order valence-electron chi connectivity index (χ2n) is 8.10. The number of carbonyl (C=O) groups is 1. The van der Waals surface area contributed by atoms with Crippen molar-refractivity contribution in [3.05, 3.63) is 35.9 Å². The zero-order valence-corrected chi connectivity index (χ0v) is 16.8. The molecule has 4 nitrogen and oxygen atoms in total. The number of anilines is 2. The Morgan fingerprint density at radius 3 is 2.59 bits per heavy atom. The van der Waals surface area contributed by atoms with E-state index in [1.807, 2.05) is 0 Å². The van der Waals surface area contributed by atoms with Crippen LogP contribution >= 0.6 is 0 Å². The van der Waals surface area contributed by atoms with Crippen LogP contribution in [-0.2, 0) is 4.79 Å². The smallest absolute Gasteiger partial charge is 0.221 e. The summed E-state index contributed by atoms with van der Waals surface area (Å²) in [6, 6.07) is 8.63. The molecule has 1 heterocycles. The number of carbonyl (C=O) groups excluding carboxylic acids is 1. The van der Waals surface area contributed by atoms with E-state index in [0.29, 0.717) is 13.0 Å². The molecule has 0 spiro atoms. The first-order chi connectivity index (χ1) is 13.2. The van der Waals surface area contributed by atoms with Gasteiger partial charge in [0.05, 0.1) is 0 Å². The molecule has 1 aromatic carbocycles. The number of hydrogen-bond donors (Lipinski definition) is 2. The molecule has 2 N–H and O–H groups in total. The Hall–Kier alpha value is -1.97. The molecule has 1 aliphatic carbocycles. The topological polar surface area (TPSA) is 44.4 Å². The Kier molecular flexibility index (Phi) is 7.61. The highest BCUT2D eigenvalue weighted by atomic mass is 16.1. The lowest BCUT2D eigenvalue weighted by atomic mass is 9.97. The lowest BCUT2D eigenvalue weighted by Crippen LogP contribution is -2.32. The SMILES string of the molecule is CC1CCN(c2ccc(NCCC(=O)NCCC3=CCCCC3)cc2)CC1. The number of nitrogens with zero attached hydrogens (tertiary/aromatic N) is 1. The largest absolute Gasteiger partial charge is 0.385 e. The maximum absolute atomic E-state index is 12.0. The van der Waals surface area contributed by atoms with Crippen molar-refractivity contribution in [3.8, 4) is 0 Å². The third kappa shape index (κ3) is 6.60. The van der Waals surface area contributed by atoms with E-state index in [-0.39, 0.29) is 5.91 Å². The standard InChI is InChI=1S/C23H35N3O/c1-19-13-17-26(18-14-19)22-9-7-21(8-10-22)24-16-12-23(27)25-15-11-20-5-3-2-4-6-20/h5,7-10,19,24H,2-4,6,11-18H2,1H3,(H,25,27). The first-order valence-corrected chi connectivity index (χ1v) is 10.7. The van der Waals surface area contributed by atoms with Crippen LogP contribution in [0.2, 0.25) is 0 Å². The fourth-order valence-electron chi connectivity index (χ4n) is 3.96. The zero-order valence-electron chi connectivity index (χ0n) is 16.8. The molecular formula is C23H35N3O. The summed E-state index contributed by atoms with van der Waals surface area (Å²) in [7, 11) is 0. The predicted octanol–water partition coefficient (Wildman–Crippen LogP) is 4.73. The van der Waals surface area contributed by atoms with Crippen molar-refractivity contribution in [2.24, 2.45) is 5.92 Å². The van der Waals surface area contributed by atoms with Crippen LogP contribution in [-0.4, -0.2) is 32.1 Å². The van der Waals surface area contributed by atoms with Crippen molar-refractivity contribution in [1.82, 2.24) is 5.32 Å². The van der Waals surface area contributed by atoms with Crippen LogP contribution in [0.25, 0.3) is 0 Å². The van der Waals surface area contributed by atoms with Crippen LogP contribution in [0.3, 0.4) is 0 Å². The van der Waals surface area contributed by atoms with Crippen molar-refractivity contribution in [3.63, 3.8) is 0 Å². The molecule has 1 aliphatic heterocycles. The Bertz CT molecular complexity index is 615. The summed E-state index contributed by atoms with van der Waals surface area (Å²) in [5, 5.41) is 6.41. The summed E-state index contributed by atoms with van der Waals surface area (Å²) in [6.45, 7) is 6.10. The number of benzene rings is 1. The Morgan fingerprint density at radius 1 is 1.11 bits per heavy atom. The molecule has 4 heteroatoms. The van der Waals surface area contributed by atoms with Crippen molar-refractivity contribution in [2.75, 3.05) is 36.4 Å². The van der Waals surface area contributed by atoms with Crippen molar-refractivity contribution in [2.45, 2.75) is 58.3 Å². The summed E-state index contributed by atoms with van der Waals surface area (Å²) in [6.07, 6.45) is 11.5. The van der Waals surface area contributed by atoms with Gasteiger partial charge in [0.25, 0.3) is 0 Å². The number of nitrogens with one attached hydrogen (secondary N) is 2. The van der Waals surface area contributed by atoms with Gasteiger partial charge in [-0.25, -0.2) is 0 Å². The Balaban J connectivity index is 1.31. The van der Waals surface area contributed by atoms with Gasteiger partial charge in [-0.15, -0.1) is 0 Å². The summed E-state index contributed by atoms with van der Waals surface area (Å²) >= 11 is 0. The number of amides is 1. The lowest BCUT2D eigenvalue weighted by molar-refractivity contribution is -0.120. The first kappa shape index (κ1) is 19.8. The maximum Gasteiger partial charge on any atom is 0.221 e. The van der Waals surface area contributed by atoms with Gasteiger partial charge in [0.2, 0.25) is 5.91 Å². The normalized spacial score (nSPS) is 18.1. The predicted molar refractivity (Wildman–Crippen MR) is 114 cm³/mol. The Labute approximate surface area is 164 Å². The van der Waals surface area contributed by atoms with Crippen LogP contribution in [0.4, 0.5) is 11.4 Å². The van der Waals surface area contributed by atoms with Crippen molar-refractivity contribution < 1.29 is 4.79 Å². The zero-order chi connectivity index (χ0) is 18.9. The number of allylic oxidation sites excluding steroid dienone is 1. The second-order valence-corrected chi connectivity index (χ2v) is 8.10. The van der Waals surface area contributed by atoms with E-state index in [2.05, 4.69) is 52.8 Å². The van der Waals surface area contributed by atoms with Crippen molar-refractivity contribution >= 4 is 17.3 Å². The third-order valence-corrected chi connectivity index (χ3v) is 5.85. The minimum Gasteiger partial charge on any atom is -0.385 e. The van der Waals surface area contributed by atoms with Gasteiger partial charge in [0.15, 0.2) is 0 Å². The highest BCUT2D eigenvalue weighted by Crippen LogP contribution is 2.24. The van der Waals surface area contributed by atoms with Gasteiger partial charge in [-0.3, -0.25) is 4.79 Å². The van der Waals surface area contributed by atoms with Gasteiger partial charge in [-0.1, -0.05) is 18.6 Å². The molecule has 0 saturated carbocycles. The molecule has 0 atom stereocenters. The highest BCUT2D eigenvalue weighted by Gasteiger charge is 2.15. The molecular weight excluding hydrogens is 334 g/mol. The first-order valence-electron chi connectivity index (χ1n) is 10.7. The van der Waals surface area contributed by atoms with E-state index in [4.69, 9.17) is 0 Å². The second kappa shape index (κ2) is 10.4. The molecule has 27 heavy (non-hydrogen) atoms. The van der Waals surface area contributed by atoms with E-state index < -0.39 is 0 Å². The van der Waals surface area contributed by atoms with Gasteiger partial charge in [0.1, 0.15) is 0 Å². The van der Waals surface area contributed by atoms with E-state index in [9.17, 15) is 4.79 Å². The monoisotopic (exact) mass is 369 g/mol. The molecule has 3 rings (SSSR count). The summed E-state index contributed by atoms with van der Waals surface area (Å²) in [5.41, 5.74) is 3.91. The molecule has 1 saturated heterocycles. The van der Waals surface area contributed by atoms with E-state index in [1.165, 1.54) is 49.8 Å². The highest BCUT2D eigenvalue weighted by molar-refractivity contribution is 5.76. The number of piperidine rings is 1. The molecule has 1 aromatic rings. The minimum absolute atomic E-state index is 0.137. The summed E-state index contributed by atoms with van der Waals surface area (Å²) in [4.78, 5) is 14.5. The number of rotatable bonds is 8. The van der Waals surface area contributed by atoms with Gasteiger partial charge in [-0.2, -0.15) is 0 Å². The van der Waals surface area contributed by atoms with Gasteiger partial charge >= 0.3 is 0 Å². The molecule has 1 amide bonds. The average molecular weight is 370 g/mol. The quantitative estimate of drug-likeness (QED) is 0.651. The maximum atomic E-state index is 12.0. The van der Waals surface area contributed by atoms with Crippen LogP contribution in [0.1, 0.15) is 58.3 Å². The molecule has 0 bridgehead atoms. The van der Waals surface area contributed by atoms with Crippen LogP contribution in [0, 0.1) is 5.92 Å². The fourth-order valence-corrected chi connectivity index (χ4v) is 3.96. The molecule has 0 radical (unpaired) electrons. The minimum atomic E-state index is 0.137. The van der Waals surface area contributed by atoms with E-state index >= 15 is 0 Å². The fraction of sp³-hybridized carbons (Fsp3) is 0.609. The van der Waals surface area contributed by atoms with Crippen LogP contribution in [0.15, 0.2) is 35.9 Å². The summed E-state index contributed by atoms with van der Waals surface area (Å²) in [5.74, 6) is 0.991. The van der Waals surface area contributed by atoms with Gasteiger partial charge < -0.3 is 15.5 Å². The van der Waals surface area contributed by atoms with E-state index in [1.54, 1.807) is 0 Å². The molecule has 148 valence electrons.